The number of benzene rings is 2. The van der Waals surface area contributed by atoms with E-state index >= 15 is 0 Å². The molecule has 0 bridgehead atoms. The maximum atomic E-state index is 5.74. The van der Waals surface area contributed by atoms with Gasteiger partial charge >= 0.3 is 0 Å². The third kappa shape index (κ3) is 6.48. The van der Waals surface area contributed by atoms with Crippen LogP contribution < -0.4 is 10.1 Å². The van der Waals surface area contributed by atoms with Crippen molar-refractivity contribution in [3.05, 3.63) is 65.7 Å². The largest absolute Gasteiger partial charge is 0.497 e. The van der Waals surface area contributed by atoms with Crippen molar-refractivity contribution in [1.29, 1.82) is 0 Å². The minimum Gasteiger partial charge on any atom is -0.497 e. The number of nitrogens with one attached hydrogen (secondary N) is 1. The zero-order valence-corrected chi connectivity index (χ0v) is 17.3. The summed E-state index contributed by atoms with van der Waals surface area (Å²) in [6, 6.07) is 18.5. The zero-order valence-electron chi connectivity index (χ0n) is 16.5. The van der Waals surface area contributed by atoms with Gasteiger partial charge in [-0.15, -0.1) is 0 Å². The monoisotopic (exact) mass is 399 g/mol. The first kappa shape index (κ1) is 20.6. The first-order valence-corrected chi connectivity index (χ1v) is 10.1. The van der Waals surface area contributed by atoms with Crippen LogP contribution in [0.4, 0.5) is 0 Å². The van der Waals surface area contributed by atoms with Gasteiger partial charge in [0.1, 0.15) is 5.75 Å². The van der Waals surface area contributed by atoms with Crippen molar-refractivity contribution in [2.45, 2.75) is 13.1 Å². The fraction of sp³-hybridized carbons (Fsp3) is 0.409. The average molecular weight is 400 g/mol. The van der Waals surface area contributed by atoms with E-state index in [0.29, 0.717) is 0 Å². The van der Waals surface area contributed by atoms with Crippen LogP contribution in [-0.2, 0) is 17.8 Å². The topological polar surface area (TPSA) is 37.0 Å². The standard InChI is InChI=1S/C22H29N3O2S/c1-26-21-9-7-20(8-10-21)18-25(12-11-24-13-15-27-16-14-24)22(28)23-17-19-5-3-2-4-6-19/h2-10H,11-18H2,1H3,(H,23,28). The summed E-state index contributed by atoms with van der Waals surface area (Å²) in [5.41, 5.74) is 2.44. The Morgan fingerprint density at radius 2 is 1.79 bits per heavy atom. The third-order valence-electron chi connectivity index (χ3n) is 4.90. The predicted octanol–water partition coefficient (Wildman–Crippen LogP) is 2.90. The molecule has 1 aliphatic heterocycles. The Morgan fingerprint density at radius 1 is 1.07 bits per heavy atom. The van der Waals surface area contributed by atoms with Crippen molar-refractivity contribution >= 4 is 17.3 Å². The Kier molecular flexibility index (Phi) is 8.08. The van der Waals surface area contributed by atoms with E-state index in [1.807, 2.05) is 30.3 Å². The number of methoxy groups -OCH3 is 1. The lowest BCUT2D eigenvalue weighted by Gasteiger charge is -2.31. The molecule has 0 saturated carbocycles. The van der Waals surface area contributed by atoms with Crippen LogP contribution in [0.15, 0.2) is 54.6 Å². The van der Waals surface area contributed by atoms with Gasteiger partial charge < -0.3 is 19.7 Å². The fourth-order valence-corrected chi connectivity index (χ4v) is 3.40. The Balaban J connectivity index is 1.60. The number of ether oxygens (including phenoxy) is 2. The van der Waals surface area contributed by atoms with Crippen LogP contribution in [0, 0.1) is 0 Å². The second-order valence-corrected chi connectivity index (χ2v) is 7.25. The first-order chi connectivity index (χ1) is 13.7. The SMILES string of the molecule is COc1ccc(CN(CCN2CCOCC2)C(=S)NCc2ccccc2)cc1. The maximum absolute atomic E-state index is 5.74. The third-order valence-corrected chi connectivity index (χ3v) is 5.30. The van der Waals surface area contributed by atoms with Crippen molar-refractivity contribution in [2.24, 2.45) is 0 Å². The number of morpholine rings is 1. The Labute approximate surface area is 173 Å². The molecule has 0 spiro atoms. The van der Waals surface area contributed by atoms with Crippen molar-refractivity contribution in [3.8, 4) is 5.75 Å². The fourth-order valence-electron chi connectivity index (χ4n) is 3.18. The van der Waals surface area contributed by atoms with Gasteiger partial charge in [-0.2, -0.15) is 0 Å². The normalized spacial score (nSPS) is 14.5. The lowest BCUT2D eigenvalue weighted by molar-refractivity contribution is 0.0357. The van der Waals surface area contributed by atoms with Crippen LogP contribution in [0.5, 0.6) is 5.75 Å². The molecule has 2 aromatic rings. The highest BCUT2D eigenvalue weighted by molar-refractivity contribution is 7.80. The summed E-state index contributed by atoms with van der Waals surface area (Å²) in [6.07, 6.45) is 0. The van der Waals surface area contributed by atoms with Gasteiger partial charge in [-0.25, -0.2) is 0 Å². The zero-order chi connectivity index (χ0) is 19.6. The van der Waals surface area contributed by atoms with E-state index in [1.165, 1.54) is 11.1 Å². The lowest BCUT2D eigenvalue weighted by Crippen LogP contribution is -2.45. The van der Waals surface area contributed by atoms with Crippen LogP contribution >= 0.6 is 12.2 Å². The van der Waals surface area contributed by atoms with Gasteiger partial charge in [0.15, 0.2) is 5.11 Å². The van der Waals surface area contributed by atoms with Crippen LogP contribution in [0.1, 0.15) is 11.1 Å². The molecule has 1 aliphatic rings. The highest BCUT2D eigenvalue weighted by Crippen LogP contribution is 2.13. The minimum absolute atomic E-state index is 0.732. The van der Waals surface area contributed by atoms with Crippen LogP contribution in [0.2, 0.25) is 0 Å². The van der Waals surface area contributed by atoms with Crippen LogP contribution in [0.3, 0.4) is 0 Å². The van der Waals surface area contributed by atoms with Crippen LogP contribution in [0.25, 0.3) is 0 Å². The molecule has 0 radical (unpaired) electrons. The highest BCUT2D eigenvalue weighted by Gasteiger charge is 2.15. The van der Waals surface area contributed by atoms with Crippen molar-refractivity contribution < 1.29 is 9.47 Å². The Morgan fingerprint density at radius 3 is 2.46 bits per heavy atom. The molecule has 0 atom stereocenters. The van der Waals surface area contributed by atoms with Gasteiger partial charge in [0.05, 0.1) is 20.3 Å². The van der Waals surface area contributed by atoms with Gasteiger partial charge in [-0.3, -0.25) is 4.90 Å². The smallest absolute Gasteiger partial charge is 0.169 e. The summed E-state index contributed by atoms with van der Waals surface area (Å²) < 4.78 is 10.7. The summed E-state index contributed by atoms with van der Waals surface area (Å²) in [4.78, 5) is 4.68. The summed E-state index contributed by atoms with van der Waals surface area (Å²) >= 11 is 5.74. The number of hydrogen-bond donors (Lipinski definition) is 1. The second kappa shape index (κ2) is 11.0. The number of nitrogens with zero attached hydrogens (tertiary/aromatic N) is 2. The van der Waals surface area contributed by atoms with Gasteiger partial charge in [0.25, 0.3) is 0 Å². The lowest BCUT2D eigenvalue weighted by atomic mass is 10.2. The summed E-state index contributed by atoms with van der Waals surface area (Å²) in [6.45, 7) is 6.97. The number of rotatable bonds is 8. The molecule has 0 amide bonds. The summed E-state index contributed by atoms with van der Waals surface area (Å²) in [5.74, 6) is 0.869. The average Bonchev–Trinajstić information content (AvgIpc) is 2.77. The molecule has 150 valence electrons. The van der Waals surface area contributed by atoms with E-state index in [4.69, 9.17) is 21.7 Å². The maximum Gasteiger partial charge on any atom is 0.169 e. The van der Waals surface area contributed by atoms with Crippen molar-refractivity contribution in [1.82, 2.24) is 15.1 Å². The van der Waals surface area contributed by atoms with E-state index in [1.54, 1.807) is 7.11 Å². The summed E-state index contributed by atoms with van der Waals surface area (Å²) in [7, 11) is 1.69. The Bertz CT molecular complexity index is 718. The molecular weight excluding hydrogens is 370 g/mol. The predicted molar refractivity (Wildman–Crippen MR) is 117 cm³/mol. The molecule has 1 N–H and O–H groups in total. The molecule has 28 heavy (non-hydrogen) atoms. The molecule has 1 fully saturated rings. The second-order valence-electron chi connectivity index (χ2n) is 6.87. The van der Waals surface area contributed by atoms with E-state index in [9.17, 15) is 0 Å². The van der Waals surface area contributed by atoms with Crippen molar-refractivity contribution in [3.63, 3.8) is 0 Å². The van der Waals surface area contributed by atoms with E-state index in [-0.39, 0.29) is 0 Å². The molecule has 2 aromatic carbocycles. The number of hydrogen-bond acceptors (Lipinski definition) is 4. The van der Waals surface area contributed by atoms with Crippen LogP contribution in [-0.4, -0.2) is 61.4 Å². The quantitative estimate of drug-likeness (QED) is 0.688. The number of thiocarbonyl (C=S) groups is 1. The summed E-state index contributed by atoms with van der Waals surface area (Å²) in [5, 5.41) is 4.20. The molecule has 0 unspecified atom stereocenters. The highest BCUT2D eigenvalue weighted by atomic mass is 32.1. The van der Waals surface area contributed by atoms with E-state index in [0.717, 1.165) is 63.3 Å². The van der Waals surface area contributed by atoms with Gasteiger partial charge in [0, 0.05) is 39.3 Å². The Hall–Kier alpha value is -2.15. The minimum atomic E-state index is 0.732. The van der Waals surface area contributed by atoms with Gasteiger partial charge in [-0.1, -0.05) is 42.5 Å². The van der Waals surface area contributed by atoms with Crippen molar-refractivity contribution in [2.75, 3.05) is 46.5 Å². The molecule has 6 heteroatoms. The van der Waals surface area contributed by atoms with Gasteiger partial charge in [-0.05, 0) is 35.5 Å². The molecular formula is C22H29N3O2S. The molecule has 1 saturated heterocycles. The molecule has 0 aliphatic carbocycles. The molecule has 1 heterocycles. The van der Waals surface area contributed by atoms with E-state index in [2.05, 4.69) is 39.4 Å². The van der Waals surface area contributed by atoms with E-state index < -0.39 is 0 Å². The molecule has 5 nitrogen and oxygen atoms in total. The first-order valence-electron chi connectivity index (χ1n) is 9.74. The molecule has 3 rings (SSSR count). The van der Waals surface area contributed by atoms with Gasteiger partial charge in [0.2, 0.25) is 0 Å². The molecule has 0 aromatic heterocycles.